The van der Waals surface area contributed by atoms with Crippen LogP contribution in [0.1, 0.15) is 10.7 Å². The van der Waals surface area contributed by atoms with E-state index < -0.39 is 15.9 Å². The molecule has 118 valence electrons. The third-order valence-electron chi connectivity index (χ3n) is 2.63. The molecule has 0 unspecified atom stereocenters. The number of primary amides is 1. The van der Waals surface area contributed by atoms with Crippen molar-refractivity contribution in [2.45, 2.75) is 18.4 Å². The van der Waals surface area contributed by atoms with Gasteiger partial charge in [0.1, 0.15) is 5.75 Å². The van der Waals surface area contributed by atoms with Gasteiger partial charge in [-0.1, -0.05) is 0 Å². The van der Waals surface area contributed by atoms with Crippen LogP contribution in [0.5, 0.6) is 5.75 Å². The van der Waals surface area contributed by atoms with Crippen molar-refractivity contribution in [2.24, 2.45) is 5.73 Å². The summed E-state index contributed by atoms with van der Waals surface area (Å²) in [6.07, 6.45) is 0. The molecule has 0 radical (unpaired) electrons. The minimum absolute atomic E-state index is 0.103. The van der Waals surface area contributed by atoms with E-state index in [0.29, 0.717) is 11.4 Å². The Morgan fingerprint density at radius 2 is 2.05 bits per heavy atom. The fourth-order valence-electron chi connectivity index (χ4n) is 1.61. The molecule has 1 amide bonds. The molecule has 2 rings (SSSR count). The van der Waals surface area contributed by atoms with Crippen molar-refractivity contribution in [3.63, 3.8) is 0 Å². The minimum atomic E-state index is -3.63. The molecule has 0 fully saturated rings. The first-order valence-electron chi connectivity index (χ1n) is 6.28. The van der Waals surface area contributed by atoms with Gasteiger partial charge in [-0.3, -0.25) is 4.79 Å². The summed E-state index contributed by atoms with van der Waals surface area (Å²) in [7, 11) is -3.63. The van der Waals surface area contributed by atoms with Gasteiger partial charge in [0.15, 0.2) is 6.61 Å². The quantitative estimate of drug-likeness (QED) is 0.773. The Bertz CT molecular complexity index is 754. The fraction of sp³-hybridized carbons (Fsp3) is 0.231. The summed E-state index contributed by atoms with van der Waals surface area (Å²) in [5.74, 6) is -0.232. The van der Waals surface area contributed by atoms with Gasteiger partial charge in [-0.2, -0.15) is 0 Å². The highest BCUT2D eigenvalue weighted by Crippen LogP contribution is 2.16. The molecular weight excluding hydrogens is 326 g/mol. The molecular formula is C13H15N3O4S2. The summed E-state index contributed by atoms with van der Waals surface area (Å²) in [6, 6.07) is 5.71. The summed E-state index contributed by atoms with van der Waals surface area (Å²) in [6.45, 7) is 1.73. The number of carbonyl (C=O) groups excluding carboxylic acids is 1. The molecule has 1 aromatic carbocycles. The number of hydrogen-bond acceptors (Lipinski definition) is 6. The number of carbonyl (C=O) groups is 1. The number of aromatic nitrogens is 1. The van der Waals surface area contributed by atoms with Gasteiger partial charge >= 0.3 is 0 Å². The molecule has 1 aromatic heterocycles. The van der Waals surface area contributed by atoms with Gasteiger partial charge < -0.3 is 10.5 Å². The van der Waals surface area contributed by atoms with Crippen molar-refractivity contribution in [1.29, 1.82) is 0 Å². The van der Waals surface area contributed by atoms with E-state index in [-0.39, 0.29) is 18.0 Å². The molecule has 0 saturated heterocycles. The number of ether oxygens (including phenoxy) is 1. The van der Waals surface area contributed by atoms with Crippen LogP contribution >= 0.6 is 11.3 Å². The second kappa shape index (κ2) is 6.86. The maximum atomic E-state index is 12.1. The first-order valence-corrected chi connectivity index (χ1v) is 8.65. The molecule has 7 nitrogen and oxygen atoms in total. The summed E-state index contributed by atoms with van der Waals surface area (Å²) < 4.78 is 31.8. The van der Waals surface area contributed by atoms with Crippen LogP contribution in [-0.2, 0) is 21.4 Å². The Balaban J connectivity index is 2.01. The maximum absolute atomic E-state index is 12.1. The Morgan fingerprint density at radius 3 is 2.59 bits per heavy atom. The molecule has 0 aliphatic carbocycles. The number of nitrogens with two attached hydrogens (primary N) is 1. The number of rotatable bonds is 7. The van der Waals surface area contributed by atoms with Gasteiger partial charge in [-0.15, -0.1) is 11.3 Å². The zero-order valence-corrected chi connectivity index (χ0v) is 13.4. The van der Waals surface area contributed by atoms with Crippen LogP contribution in [0, 0.1) is 6.92 Å². The van der Waals surface area contributed by atoms with Gasteiger partial charge in [0, 0.05) is 5.38 Å². The van der Waals surface area contributed by atoms with Crippen molar-refractivity contribution < 1.29 is 17.9 Å². The number of amides is 1. The highest BCUT2D eigenvalue weighted by atomic mass is 32.2. The van der Waals surface area contributed by atoms with Gasteiger partial charge in [-0.25, -0.2) is 18.1 Å². The van der Waals surface area contributed by atoms with E-state index in [1.54, 1.807) is 5.38 Å². The number of benzene rings is 1. The zero-order chi connectivity index (χ0) is 16.2. The monoisotopic (exact) mass is 341 g/mol. The van der Waals surface area contributed by atoms with Crippen LogP contribution < -0.4 is 15.2 Å². The summed E-state index contributed by atoms with van der Waals surface area (Å²) in [5.41, 5.74) is 5.63. The fourth-order valence-corrected chi connectivity index (χ4v) is 3.22. The second-order valence-electron chi connectivity index (χ2n) is 4.41. The molecule has 22 heavy (non-hydrogen) atoms. The molecule has 2 aromatic rings. The predicted molar refractivity (Wildman–Crippen MR) is 82.0 cm³/mol. The predicted octanol–water partition coefficient (Wildman–Crippen LogP) is 0.794. The molecule has 3 N–H and O–H groups in total. The number of sulfonamides is 1. The van der Waals surface area contributed by atoms with Crippen LogP contribution in [0.4, 0.5) is 0 Å². The zero-order valence-electron chi connectivity index (χ0n) is 11.8. The lowest BCUT2D eigenvalue weighted by Crippen LogP contribution is -2.23. The van der Waals surface area contributed by atoms with E-state index in [4.69, 9.17) is 10.5 Å². The van der Waals surface area contributed by atoms with Crippen molar-refractivity contribution >= 4 is 27.3 Å². The molecule has 0 atom stereocenters. The van der Waals surface area contributed by atoms with E-state index in [0.717, 1.165) is 5.01 Å². The number of hydrogen-bond donors (Lipinski definition) is 2. The normalized spacial score (nSPS) is 11.3. The number of nitrogens with one attached hydrogen (secondary N) is 1. The minimum Gasteiger partial charge on any atom is -0.484 e. The van der Waals surface area contributed by atoms with Crippen molar-refractivity contribution in [2.75, 3.05) is 6.61 Å². The molecule has 0 aliphatic heterocycles. The van der Waals surface area contributed by atoms with E-state index in [9.17, 15) is 13.2 Å². The van der Waals surface area contributed by atoms with E-state index in [2.05, 4.69) is 9.71 Å². The topological polar surface area (TPSA) is 111 Å². The Morgan fingerprint density at radius 1 is 1.36 bits per heavy atom. The molecule has 1 heterocycles. The van der Waals surface area contributed by atoms with Crippen molar-refractivity contribution in [3.8, 4) is 5.75 Å². The summed E-state index contributed by atoms with van der Waals surface area (Å²) >= 11 is 1.46. The number of thiazole rings is 1. The van der Waals surface area contributed by atoms with Gasteiger partial charge in [0.05, 0.1) is 22.1 Å². The van der Waals surface area contributed by atoms with Crippen LogP contribution in [0.15, 0.2) is 34.5 Å². The van der Waals surface area contributed by atoms with E-state index >= 15 is 0 Å². The van der Waals surface area contributed by atoms with E-state index in [1.165, 1.54) is 35.6 Å². The lowest BCUT2D eigenvalue weighted by molar-refractivity contribution is -0.119. The molecule has 9 heteroatoms. The van der Waals surface area contributed by atoms with E-state index in [1.807, 2.05) is 6.92 Å². The average molecular weight is 341 g/mol. The highest BCUT2D eigenvalue weighted by molar-refractivity contribution is 7.89. The Kier molecular flexibility index (Phi) is 5.11. The van der Waals surface area contributed by atoms with Gasteiger partial charge in [0.2, 0.25) is 10.0 Å². The Labute approximate surface area is 132 Å². The lowest BCUT2D eigenvalue weighted by atomic mass is 10.3. The molecule has 0 bridgehead atoms. The summed E-state index contributed by atoms with van der Waals surface area (Å²) in [5, 5.41) is 2.68. The smallest absolute Gasteiger partial charge is 0.255 e. The number of aryl methyl sites for hydroxylation is 1. The average Bonchev–Trinajstić information content (AvgIpc) is 2.89. The van der Waals surface area contributed by atoms with Crippen molar-refractivity contribution in [1.82, 2.24) is 9.71 Å². The Hall–Kier alpha value is -1.97. The first-order chi connectivity index (χ1) is 10.4. The van der Waals surface area contributed by atoms with Gasteiger partial charge in [0.25, 0.3) is 5.91 Å². The van der Waals surface area contributed by atoms with Crippen LogP contribution in [0.2, 0.25) is 0 Å². The third-order valence-corrected chi connectivity index (χ3v) is 4.86. The lowest BCUT2D eigenvalue weighted by Gasteiger charge is -2.07. The molecule has 0 spiro atoms. The van der Waals surface area contributed by atoms with Crippen LogP contribution in [-0.4, -0.2) is 25.9 Å². The van der Waals surface area contributed by atoms with Crippen molar-refractivity contribution in [3.05, 3.63) is 40.3 Å². The van der Waals surface area contributed by atoms with Gasteiger partial charge in [-0.05, 0) is 31.2 Å². The molecule has 0 saturated carbocycles. The largest absolute Gasteiger partial charge is 0.484 e. The number of nitrogens with zero attached hydrogens (tertiary/aromatic N) is 1. The first kappa shape index (κ1) is 16.4. The van der Waals surface area contributed by atoms with Crippen LogP contribution in [0.25, 0.3) is 0 Å². The van der Waals surface area contributed by atoms with Crippen LogP contribution in [0.3, 0.4) is 0 Å². The SMILES string of the molecule is Cc1nc(CNS(=O)(=O)c2ccc(OCC(N)=O)cc2)cs1. The highest BCUT2D eigenvalue weighted by Gasteiger charge is 2.14. The molecule has 0 aliphatic rings. The summed E-state index contributed by atoms with van der Waals surface area (Å²) in [4.78, 5) is 14.9. The third kappa shape index (κ3) is 4.52. The maximum Gasteiger partial charge on any atom is 0.255 e. The standard InChI is InChI=1S/C13H15N3O4S2/c1-9-16-10(8-21-9)6-15-22(18,19)12-4-2-11(3-5-12)20-7-13(14)17/h2-5,8,15H,6-7H2,1H3,(H2,14,17). The second-order valence-corrected chi connectivity index (χ2v) is 7.24.